The molecule has 1 atom stereocenters. The number of ether oxygens (including phenoxy) is 5. The lowest BCUT2D eigenvalue weighted by molar-refractivity contribution is -0.166. The number of likely N-dealkylation sites (N-methyl/N-ethyl adjacent to an activating group) is 1. The molecule has 1 aromatic rings. The number of rotatable bonds is 9. The molecular weight excluding hydrogens is 432 g/mol. The number of hydrogen-bond donors (Lipinski definition) is 1. The SMILES string of the molecule is COc1cc(NC(=O)OCCl)c(C(OC(C)=O)N(C)CC(=O)OC(C)(C)C)cc1OC. The molecule has 0 fully saturated rings. The van der Waals surface area contributed by atoms with E-state index in [1.807, 2.05) is 0 Å². The predicted molar refractivity (Wildman–Crippen MR) is 113 cm³/mol. The summed E-state index contributed by atoms with van der Waals surface area (Å²) in [4.78, 5) is 37.6. The first-order valence-electron chi connectivity index (χ1n) is 9.26. The number of carbonyl (C=O) groups excluding carboxylic acids is 3. The number of nitrogens with one attached hydrogen (secondary N) is 1. The largest absolute Gasteiger partial charge is 0.493 e. The standard InChI is InChI=1S/C20H29ClN2O8/c1-12(24)30-18(23(5)10-17(25)31-20(2,3)4)13-8-15(27-6)16(28-7)9-14(13)22-19(26)29-11-21/h8-9,18H,10-11H2,1-7H3,(H,22,26). The molecule has 0 aliphatic carbocycles. The molecule has 1 rings (SSSR count). The number of halogens is 1. The van der Waals surface area contributed by atoms with Crippen LogP contribution in [0, 0.1) is 0 Å². The van der Waals surface area contributed by atoms with E-state index in [-0.39, 0.29) is 18.3 Å². The van der Waals surface area contributed by atoms with Gasteiger partial charge < -0.3 is 23.7 Å². The molecule has 0 spiro atoms. The molecule has 1 amide bonds. The van der Waals surface area contributed by atoms with Crippen LogP contribution in [0.4, 0.5) is 10.5 Å². The summed E-state index contributed by atoms with van der Waals surface area (Å²) in [7, 11) is 4.42. The first-order valence-corrected chi connectivity index (χ1v) is 9.80. The van der Waals surface area contributed by atoms with Crippen molar-refractivity contribution >= 4 is 35.3 Å². The van der Waals surface area contributed by atoms with Gasteiger partial charge in [0, 0.05) is 18.6 Å². The van der Waals surface area contributed by atoms with Gasteiger partial charge in [-0.2, -0.15) is 0 Å². The van der Waals surface area contributed by atoms with Crippen LogP contribution in [0.25, 0.3) is 0 Å². The Kier molecular flexibility index (Phi) is 9.86. The number of amides is 1. The summed E-state index contributed by atoms with van der Waals surface area (Å²) in [6, 6.07) is 2.64. The topological polar surface area (TPSA) is 113 Å². The van der Waals surface area contributed by atoms with Gasteiger partial charge in [-0.05, 0) is 33.9 Å². The Labute approximate surface area is 186 Å². The third kappa shape index (κ3) is 8.50. The molecule has 11 heteroatoms. The lowest BCUT2D eigenvalue weighted by Gasteiger charge is -2.30. The first kappa shape index (κ1) is 26.3. The molecule has 0 saturated heterocycles. The Morgan fingerprint density at radius 3 is 2.19 bits per heavy atom. The second-order valence-electron chi connectivity index (χ2n) is 7.42. The summed E-state index contributed by atoms with van der Waals surface area (Å²) in [5, 5.41) is 2.52. The third-order valence-electron chi connectivity index (χ3n) is 3.72. The Balaban J connectivity index is 3.42. The van der Waals surface area contributed by atoms with Crippen molar-refractivity contribution in [2.45, 2.75) is 39.5 Å². The van der Waals surface area contributed by atoms with Gasteiger partial charge in [0.1, 0.15) is 5.60 Å². The van der Waals surface area contributed by atoms with E-state index < -0.39 is 29.9 Å². The summed E-state index contributed by atoms with van der Waals surface area (Å²) >= 11 is 5.44. The highest BCUT2D eigenvalue weighted by molar-refractivity contribution is 6.17. The van der Waals surface area contributed by atoms with E-state index in [1.54, 1.807) is 27.8 Å². The monoisotopic (exact) mass is 460 g/mol. The molecule has 31 heavy (non-hydrogen) atoms. The predicted octanol–water partition coefficient (Wildman–Crippen LogP) is 3.28. The van der Waals surface area contributed by atoms with E-state index in [2.05, 4.69) is 5.32 Å². The third-order valence-corrected chi connectivity index (χ3v) is 3.83. The minimum atomic E-state index is -1.07. The Morgan fingerprint density at radius 1 is 1.13 bits per heavy atom. The molecule has 0 bridgehead atoms. The van der Waals surface area contributed by atoms with Gasteiger partial charge in [0.15, 0.2) is 23.8 Å². The number of carbonyl (C=O) groups is 3. The fraction of sp³-hybridized carbons (Fsp3) is 0.550. The summed E-state index contributed by atoms with van der Waals surface area (Å²) in [5.74, 6) is -0.505. The molecule has 0 aromatic heterocycles. The van der Waals surface area contributed by atoms with E-state index in [0.29, 0.717) is 17.1 Å². The molecule has 1 unspecified atom stereocenters. The molecule has 1 aromatic carbocycles. The van der Waals surface area contributed by atoms with Crippen LogP contribution in [0.3, 0.4) is 0 Å². The summed E-state index contributed by atoms with van der Waals surface area (Å²) in [6.45, 7) is 6.26. The first-order chi connectivity index (χ1) is 14.4. The number of hydrogen-bond acceptors (Lipinski definition) is 9. The van der Waals surface area contributed by atoms with Crippen LogP contribution >= 0.6 is 11.6 Å². The van der Waals surface area contributed by atoms with Crippen molar-refractivity contribution in [3.8, 4) is 11.5 Å². The Bertz CT molecular complexity index is 794. The normalized spacial score (nSPS) is 12.0. The van der Waals surface area contributed by atoms with E-state index in [0.717, 1.165) is 0 Å². The highest BCUT2D eigenvalue weighted by Crippen LogP contribution is 2.38. The zero-order valence-electron chi connectivity index (χ0n) is 18.7. The van der Waals surface area contributed by atoms with E-state index in [9.17, 15) is 14.4 Å². The van der Waals surface area contributed by atoms with Gasteiger partial charge in [-0.15, -0.1) is 0 Å². The molecule has 10 nitrogen and oxygen atoms in total. The van der Waals surface area contributed by atoms with Gasteiger partial charge >= 0.3 is 18.0 Å². The molecule has 0 aliphatic rings. The maximum Gasteiger partial charge on any atom is 0.412 e. The highest BCUT2D eigenvalue weighted by Gasteiger charge is 2.29. The van der Waals surface area contributed by atoms with Crippen molar-refractivity contribution in [1.82, 2.24) is 4.90 Å². The fourth-order valence-corrected chi connectivity index (χ4v) is 2.71. The Morgan fingerprint density at radius 2 is 1.71 bits per heavy atom. The van der Waals surface area contributed by atoms with Crippen molar-refractivity contribution in [3.63, 3.8) is 0 Å². The van der Waals surface area contributed by atoms with Crippen LogP contribution in [0.1, 0.15) is 39.5 Å². The van der Waals surface area contributed by atoms with E-state index in [4.69, 9.17) is 35.3 Å². The number of anilines is 1. The number of alkyl halides is 1. The van der Waals surface area contributed by atoms with Gasteiger partial charge in [0.25, 0.3) is 0 Å². The number of benzene rings is 1. The number of esters is 2. The molecule has 0 heterocycles. The zero-order valence-corrected chi connectivity index (χ0v) is 19.5. The van der Waals surface area contributed by atoms with Crippen LogP contribution in [0.2, 0.25) is 0 Å². The fourth-order valence-electron chi connectivity index (χ4n) is 2.61. The molecule has 0 saturated carbocycles. The molecule has 0 radical (unpaired) electrons. The average molecular weight is 461 g/mol. The lowest BCUT2D eigenvalue weighted by atomic mass is 10.1. The van der Waals surface area contributed by atoms with Crippen LogP contribution in [0.5, 0.6) is 11.5 Å². The van der Waals surface area contributed by atoms with Crippen molar-refractivity contribution in [1.29, 1.82) is 0 Å². The summed E-state index contributed by atoms with van der Waals surface area (Å²) in [6.07, 6.45) is -1.91. The van der Waals surface area contributed by atoms with E-state index in [1.165, 1.54) is 38.2 Å². The van der Waals surface area contributed by atoms with Crippen LogP contribution in [0.15, 0.2) is 12.1 Å². The molecule has 1 N–H and O–H groups in total. The van der Waals surface area contributed by atoms with E-state index >= 15 is 0 Å². The smallest absolute Gasteiger partial charge is 0.412 e. The maximum absolute atomic E-state index is 12.3. The van der Waals surface area contributed by atoms with Gasteiger partial charge in [0.05, 0.1) is 26.5 Å². The summed E-state index contributed by atoms with van der Waals surface area (Å²) < 4.78 is 26.1. The minimum Gasteiger partial charge on any atom is -0.493 e. The van der Waals surface area contributed by atoms with Crippen LogP contribution in [-0.2, 0) is 23.8 Å². The summed E-state index contributed by atoms with van der Waals surface area (Å²) in [5.41, 5.74) is -0.170. The van der Waals surface area contributed by atoms with Crippen molar-refractivity contribution < 1.29 is 38.1 Å². The molecule has 0 aliphatic heterocycles. The van der Waals surface area contributed by atoms with Crippen LogP contribution < -0.4 is 14.8 Å². The second kappa shape index (κ2) is 11.6. The van der Waals surface area contributed by atoms with Gasteiger partial charge in [-0.25, -0.2) is 4.79 Å². The maximum atomic E-state index is 12.3. The molecular formula is C20H29ClN2O8. The van der Waals surface area contributed by atoms with Crippen molar-refractivity contribution in [3.05, 3.63) is 17.7 Å². The van der Waals surface area contributed by atoms with Crippen LogP contribution in [-0.4, -0.2) is 62.4 Å². The van der Waals surface area contributed by atoms with Gasteiger partial charge in [0.2, 0.25) is 0 Å². The average Bonchev–Trinajstić information content (AvgIpc) is 2.64. The second-order valence-corrected chi connectivity index (χ2v) is 7.64. The number of nitrogens with zero attached hydrogens (tertiary/aromatic N) is 1. The zero-order chi connectivity index (χ0) is 23.8. The lowest BCUT2D eigenvalue weighted by Crippen LogP contribution is -2.36. The highest BCUT2D eigenvalue weighted by atomic mass is 35.5. The van der Waals surface area contributed by atoms with Gasteiger partial charge in [-0.1, -0.05) is 11.6 Å². The van der Waals surface area contributed by atoms with Gasteiger partial charge in [-0.3, -0.25) is 19.8 Å². The Hall–Kier alpha value is -2.72. The van der Waals surface area contributed by atoms with Crippen molar-refractivity contribution in [2.75, 3.05) is 39.2 Å². The quantitative estimate of drug-likeness (QED) is 0.256. The number of methoxy groups -OCH3 is 2. The van der Waals surface area contributed by atoms with Crippen molar-refractivity contribution in [2.24, 2.45) is 0 Å². The molecule has 174 valence electrons. The minimum absolute atomic E-state index is 0.199.